The van der Waals surface area contributed by atoms with Crippen molar-refractivity contribution in [3.8, 4) is 5.75 Å². The molecule has 2 aromatic carbocycles. The normalized spacial score (nSPS) is 13.6. The fraction of sp³-hybridized carbons (Fsp3) is 0.238. The minimum absolute atomic E-state index is 0.255. The van der Waals surface area contributed by atoms with E-state index in [0.717, 1.165) is 22.8 Å². The molecule has 0 aliphatic carbocycles. The van der Waals surface area contributed by atoms with Crippen molar-refractivity contribution >= 4 is 10.8 Å². The van der Waals surface area contributed by atoms with Crippen LogP contribution in [0.1, 0.15) is 25.8 Å². The van der Waals surface area contributed by atoms with Crippen LogP contribution in [0.3, 0.4) is 0 Å². The molecule has 1 atom stereocenters. The van der Waals surface area contributed by atoms with Crippen molar-refractivity contribution in [3.63, 3.8) is 0 Å². The Balaban J connectivity index is 2.07. The molecule has 0 aromatic heterocycles. The zero-order valence-electron chi connectivity index (χ0n) is 13.9. The van der Waals surface area contributed by atoms with E-state index in [1.807, 2.05) is 24.3 Å². The first-order chi connectivity index (χ1) is 11.1. The van der Waals surface area contributed by atoms with Gasteiger partial charge < -0.3 is 10.4 Å². The molecule has 0 saturated heterocycles. The first-order valence-corrected chi connectivity index (χ1v) is 8.00. The van der Waals surface area contributed by atoms with Crippen LogP contribution in [0.4, 0.5) is 0 Å². The highest BCUT2D eigenvalue weighted by Gasteiger charge is 2.09. The van der Waals surface area contributed by atoms with Gasteiger partial charge in [-0.05, 0) is 37.1 Å². The third-order valence-electron chi connectivity index (χ3n) is 4.13. The molecule has 0 spiro atoms. The molecule has 0 aliphatic rings. The Morgan fingerprint density at radius 1 is 1.26 bits per heavy atom. The summed E-state index contributed by atoms with van der Waals surface area (Å²) < 4.78 is 0. The second-order valence-corrected chi connectivity index (χ2v) is 5.73. The van der Waals surface area contributed by atoms with E-state index in [2.05, 4.69) is 50.0 Å². The minimum Gasteiger partial charge on any atom is -0.508 e. The van der Waals surface area contributed by atoms with Gasteiger partial charge >= 0.3 is 0 Å². The van der Waals surface area contributed by atoms with Gasteiger partial charge in [-0.25, -0.2) is 0 Å². The van der Waals surface area contributed by atoms with Crippen molar-refractivity contribution in [1.29, 1.82) is 0 Å². The first kappa shape index (κ1) is 17.0. The van der Waals surface area contributed by atoms with Crippen molar-refractivity contribution in [2.45, 2.75) is 32.9 Å². The first-order valence-electron chi connectivity index (χ1n) is 8.00. The second-order valence-electron chi connectivity index (χ2n) is 5.73. The summed E-state index contributed by atoms with van der Waals surface area (Å²) in [5.41, 5.74) is 2.24. The number of phenolic OH excluding ortho intramolecular Hbond substituents is 1. The van der Waals surface area contributed by atoms with Crippen LogP contribution in [0.15, 0.2) is 72.9 Å². The van der Waals surface area contributed by atoms with E-state index >= 15 is 0 Å². The van der Waals surface area contributed by atoms with E-state index in [4.69, 9.17) is 0 Å². The van der Waals surface area contributed by atoms with Crippen LogP contribution in [-0.2, 0) is 6.54 Å². The van der Waals surface area contributed by atoms with Crippen LogP contribution < -0.4 is 5.32 Å². The van der Waals surface area contributed by atoms with Crippen molar-refractivity contribution in [3.05, 3.63) is 78.4 Å². The molecule has 0 radical (unpaired) electrons. The quantitative estimate of drug-likeness (QED) is 0.551. The molecule has 0 bridgehead atoms. The molecule has 0 amide bonds. The lowest BCUT2D eigenvalue weighted by Crippen LogP contribution is -2.26. The van der Waals surface area contributed by atoms with Gasteiger partial charge in [-0.3, -0.25) is 0 Å². The number of benzene rings is 2. The number of allylic oxidation sites excluding steroid dienone is 4. The van der Waals surface area contributed by atoms with Gasteiger partial charge in [-0.2, -0.15) is 0 Å². The third kappa shape index (κ3) is 4.57. The number of phenols is 1. The molecule has 0 aliphatic heterocycles. The largest absolute Gasteiger partial charge is 0.508 e. The molecule has 2 rings (SSSR count). The van der Waals surface area contributed by atoms with Gasteiger partial charge in [0.15, 0.2) is 0 Å². The molecule has 2 nitrogen and oxygen atoms in total. The van der Waals surface area contributed by atoms with Crippen molar-refractivity contribution in [2.75, 3.05) is 0 Å². The summed E-state index contributed by atoms with van der Waals surface area (Å²) in [7, 11) is 0. The summed E-state index contributed by atoms with van der Waals surface area (Å²) in [5, 5.41) is 15.9. The maximum atomic E-state index is 10.2. The van der Waals surface area contributed by atoms with E-state index in [-0.39, 0.29) is 6.04 Å². The van der Waals surface area contributed by atoms with E-state index < -0.39 is 0 Å². The van der Waals surface area contributed by atoms with Crippen molar-refractivity contribution < 1.29 is 5.11 Å². The van der Waals surface area contributed by atoms with Crippen LogP contribution in [0.5, 0.6) is 5.75 Å². The maximum Gasteiger partial charge on any atom is 0.120 e. The van der Waals surface area contributed by atoms with E-state index in [9.17, 15) is 5.11 Å². The Kier molecular flexibility index (Phi) is 6.19. The topological polar surface area (TPSA) is 32.3 Å². The molecule has 23 heavy (non-hydrogen) atoms. The monoisotopic (exact) mass is 307 g/mol. The van der Waals surface area contributed by atoms with Gasteiger partial charge in [-0.15, -0.1) is 0 Å². The van der Waals surface area contributed by atoms with Crippen LogP contribution in [-0.4, -0.2) is 11.1 Å². The Hall–Kier alpha value is -2.32. The van der Waals surface area contributed by atoms with Crippen LogP contribution in [0, 0.1) is 0 Å². The van der Waals surface area contributed by atoms with Gasteiger partial charge in [0.1, 0.15) is 5.75 Å². The summed E-state index contributed by atoms with van der Waals surface area (Å²) in [6, 6.07) is 12.1. The van der Waals surface area contributed by atoms with Gasteiger partial charge in [0, 0.05) is 18.2 Å². The zero-order chi connectivity index (χ0) is 16.7. The molecule has 0 fully saturated rings. The highest BCUT2D eigenvalue weighted by Crippen LogP contribution is 2.27. The number of aromatic hydroxyl groups is 1. The Morgan fingerprint density at radius 2 is 2.04 bits per heavy atom. The molecular weight excluding hydrogens is 282 g/mol. The van der Waals surface area contributed by atoms with Crippen LogP contribution >= 0.6 is 0 Å². The molecule has 2 heteroatoms. The summed E-state index contributed by atoms with van der Waals surface area (Å²) in [4.78, 5) is 0. The van der Waals surface area contributed by atoms with Crippen molar-refractivity contribution in [2.24, 2.45) is 0 Å². The highest BCUT2D eigenvalue weighted by molar-refractivity contribution is 5.87. The highest BCUT2D eigenvalue weighted by atomic mass is 16.3. The number of hydrogen-bond donors (Lipinski definition) is 2. The molecule has 2 aromatic rings. The summed E-state index contributed by atoms with van der Waals surface area (Å²) in [6.07, 6.45) is 8.94. The predicted octanol–water partition coefficient (Wildman–Crippen LogP) is 5.10. The molecule has 2 N–H and O–H groups in total. The Labute approximate surface area is 138 Å². The Bertz CT molecular complexity index is 728. The predicted molar refractivity (Wildman–Crippen MR) is 99.6 cm³/mol. The fourth-order valence-corrected chi connectivity index (χ4v) is 2.53. The molecule has 120 valence electrons. The lowest BCUT2D eigenvalue weighted by molar-refractivity contribution is 0.464. The molecular formula is C21H25NO. The van der Waals surface area contributed by atoms with E-state index in [0.29, 0.717) is 12.3 Å². The zero-order valence-corrected chi connectivity index (χ0v) is 13.9. The standard InChI is InChI=1S/C21H25NO/c1-4-5-6-7-10-16(2)17(3)22-15-20-19-12-9-8-11-18(19)13-14-21(20)23/h4-6,8-14,17,22-23H,1,7,15H2,2-3H3/b6-5-,16-10+/t17-/m0/s1. The van der Waals surface area contributed by atoms with Crippen LogP contribution in [0.2, 0.25) is 0 Å². The van der Waals surface area contributed by atoms with Crippen LogP contribution in [0.25, 0.3) is 10.8 Å². The van der Waals surface area contributed by atoms with E-state index in [1.165, 1.54) is 5.57 Å². The number of rotatable bonds is 7. The lowest BCUT2D eigenvalue weighted by Gasteiger charge is -2.16. The maximum absolute atomic E-state index is 10.2. The van der Waals surface area contributed by atoms with Gasteiger partial charge in [-0.1, -0.05) is 66.8 Å². The van der Waals surface area contributed by atoms with Gasteiger partial charge in [0.05, 0.1) is 0 Å². The lowest BCUT2D eigenvalue weighted by atomic mass is 10.0. The molecule has 0 unspecified atom stereocenters. The minimum atomic E-state index is 0.255. The average Bonchev–Trinajstić information content (AvgIpc) is 2.57. The second kappa shape index (κ2) is 8.35. The number of fused-ring (bicyclic) bond motifs is 1. The molecule has 0 heterocycles. The third-order valence-corrected chi connectivity index (χ3v) is 4.13. The SMILES string of the molecule is C=C/C=C\C/C=C(\C)[C@H](C)NCc1c(O)ccc2ccccc12. The smallest absolute Gasteiger partial charge is 0.120 e. The fourth-order valence-electron chi connectivity index (χ4n) is 2.53. The number of hydrogen-bond acceptors (Lipinski definition) is 2. The molecule has 0 saturated carbocycles. The Morgan fingerprint density at radius 3 is 2.83 bits per heavy atom. The summed E-state index contributed by atoms with van der Waals surface area (Å²) >= 11 is 0. The van der Waals surface area contributed by atoms with Crippen molar-refractivity contribution in [1.82, 2.24) is 5.32 Å². The van der Waals surface area contributed by atoms with Gasteiger partial charge in [0.2, 0.25) is 0 Å². The van der Waals surface area contributed by atoms with Gasteiger partial charge in [0.25, 0.3) is 0 Å². The summed E-state index contributed by atoms with van der Waals surface area (Å²) in [5.74, 6) is 0.346. The van der Waals surface area contributed by atoms with E-state index in [1.54, 1.807) is 12.1 Å². The average molecular weight is 307 g/mol. The summed E-state index contributed by atoms with van der Waals surface area (Å²) in [6.45, 7) is 8.58. The number of nitrogens with one attached hydrogen (secondary N) is 1.